The molecule has 0 radical (unpaired) electrons. The number of rotatable bonds is 4. The molecule has 3 N–H and O–H groups in total. The number of H-pyrrole nitrogens is 1. The highest BCUT2D eigenvalue weighted by atomic mass is 16.5. The predicted octanol–water partition coefficient (Wildman–Crippen LogP) is 1.26. The Labute approximate surface area is 119 Å². The van der Waals surface area contributed by atoms with Crippen LogP contribution in [0.2, 0.25) is 0 Å². The van der Waals surface area contributed by atoms with Crippen molar-refractivity contribution in [3.05, 3.63) is 21.7 Å². The van der Waals surface area contributed by atoms with Gasteiger partial charge in [0.25, 0.3) is 5.56 Å². The molecule has 0 bridgehead atoms. The number of anilines is 1. The molecule has 1 fully saturated rings. The van der Waals surface area contributed by atoms with E-state index in [1.54, 1.807) is 0 Å². The quantitative estimate of drug-likeness (QED) is 0.867. The lowest BCUT2D eigenvalue weighted by molar-refractivity contribution is -0.0342. The Morgan fingerprint density at radius 1 is 1.55 bits per heavy atom. The van der Waals surface area contributed by atoms with E-state index in [0.29, 0.717) is 23.8 Å². The Morgan fingerprint density at radius 3 is 2.90 bits per heavy atom. The van der Waals surface area contributed by atoms with Crippen molar-refractivity contribution in [2.75, 3.05) is 32.0 Å². The maximum atomic E-state index is 12.1. The zero-order valence-electron chi connectivity index (χ0n) is 12.5. The zero-order valence-corrected chi connectivity index (χ0v) is 12.5. The minimum Gasteiger partial charge on any atom is -0.383 e. The molecule has 0 spiro atoms. The first-order chi connectivity index (χ1) is 9.52. The van der Waals surface area contributed by atoms with Crippen LogP contribution in [-0.4, -0.2) is 41.1 Å². The monoisotopic (exact) mass is 280 g/mol. The molecular weight excluding hydrogens is 256 g/mol. The number of hydrogen-bond donors (Lipinski definition) is 2. The van der Waals surface area contributed by atoms with E-state index >= 15 is 0 Å². The summed E-state index contributed by atoms with van der Waals surface area (Å²) in [7, 11) is 0. The van der Waals surface area contributed by atoms with Crippen molar-refractivity contribution < 1.29 is 4.74 Å². The molecule has 1 unspecified atom stereocenters. The smallest absolute Gasteiger partial charge is 0.256 e. The summed E-state index contributed by atoms with van der Waals surface area (Å²) < 4.78 is 5.72. The van der Waals surface area contributed by atoms with Crippen molar-refractivity contribution in [3.8, 4) is 0 Å². The highest BCUT2D eigenvalue weighted by molar-refractivity contribution is 5.40. The molecule has 6 nitrogen and oxygen atoms in total. The number of nitrogens with one attached hydrogen (secondary N) is 1. The van der Waals surface area contributed by atoms with Crippen LogP contribution >= 0.6 is 0 Å². The van der Waals surface area contributed by atoms with E-state index in [1.807, 2.05) is 13.8 Å². The van der Waals surface area contributed by atoms with Gasteiger partial charge in [-0.25, -0.2) is 4.98 Å². The lowest BCUT2D eigenvalue weighted by Crippen LogP contribution is -2.40. The fourth-order valence-electron chi connectivity index (χ4n) is 2.62. The fraction of sp³-hybridized carbons (Fsp3) is 0.714. The third-order valence-corrected chi connectivity index (χ3v) is 3.58. The SMILES string of the molecule is CCCN1CCOC(c2nc(N)c(C(C)C)c(=O)[nH]2)C1. The van der Waals surface area contributed by atoms with Crippen LogP contribution in [0, 0.1) is 0 Å². The van der Waals surface area contributed by atoms with Gasteiger partial charge in [-0.2, -0.15) is 0 Å². The van der Waals surface area contributed by atoms with E-state index in [4.69, 9.17) is 10.5 Å². The van der Waals surface area contributed by atoms with Crippen LogP contribution in [-0.2, 0) is 4.74 Å². The summed E-state index contributed by atoms with van der Waals surface area (Å²) in [6.07, 6.45) is 0.900. The van der Waals surface area contributed by atoms with Crippen LogP contribution < -0.4 is 11.3 Å². The molecule has 1 atom stereocenters. The fourth-order valence-corrected chi connectivity index (χ4v) is 2.62. The third-order valence-electron chi connectivity index (χ3n) is 3.58. The van der Waals surface area contributed by atoms with E-state index in [2.05, 4.69) is 21.8 Å². The Hall–Kier alpha value is -1.40. The second-order valence-electron chi connectivity index (χ2n) is 5.56. The number of nitrogens with two attached hydrogens (primary N) is 1. The molecule has 0 amide bonds. The van der Waals surface area contributed by atoms with E-state index in [0.717, 1.165) is 26.1 Å². The molecule has 20 heavy (non-hydrogen) atoms. The van der Waals surface area contributed by atoms with Crippen LogP contribution in [0.5, 0.6) is 0 Å². The van der Waals surface area contributed by atoms with Crippen LogP contribution in [0.15, 0.2) is 4.79 Å². The number of morpholine rings is 1. The molecule has 2 heterocycles. The van der Waals surface area contributed by atoms with Gasteiger partial charge in [-0.3, -0.25) is 9.69 Å². The largest absolute Gasteiger partial charge is 0.383 e. The molecule has 0 aliphatic carbocycles. The maximum Gasteiger partial charge on any atom is 0.256 e. The number of aromatic nitrogens is 2. The van der Waals surface area contributed by atoms with Gasteiger partial charge in [-0.15, -0.1) is 0 Å². The van der Waals surface area contributed by atoms with Gasteiger partial charge in [0.05, 0.1) is 12.2 Å². The van der Waals surface area contributed by atoms with Crippen molar-refractivity contribution in [2.45, 2.75) is 39.2 Å². The first kappa shape index (κ1) is 15.0. The van der Waals surface area contributed by atoms with Gasteiger partial charge in [0.1, 0.15) is 17.7 Å². The summed E-state index contributed by atoms with van der Waals surface area (Å²) in [5.74, 6) is 0.914. The average molecular weight is 280 g/mol. The van der Waals surface area contributed by atoms with Gasteiger partial charge in [-0.1, -0.05) is 20.8 Å². The van der Waals surface area contributed by atoms with Gasteiger partial charge in [0, 0.05) is 13.1 Å². The lowest BCUT2D eigenvalue weighted by atomic mass is 10.1. The lowest BCUT2D eigenvalue weighted by Gasteiger charge is -2.32. The highest BCUT2D eigenvalue weighted by Crippen LogP contribution is 2.21. The second kappa shape index (κ2) is 6.37. The Balaban J connectivity index is 2.23. The van der Waals surface area contributed by atoms with Crippen LogP contribution in [0.1, 0.15) is 50.6 Å². The van der Waals surface area contributed by atoms with E-state index in [-0.39, 0.29) is 17.6 Å². The molecule has 0 saturated carbocycles. The molecule has 1 aromatic heterocycles. The summed E-state index contributed by atoms with van der Waals surface area (Å²) in [5, 5.41) is 0. The van der Waals surface area contributed by atoms with Crippen LogP contribution in [0.25, 0.3) is 0 Å². The topological polar surface area (TPSA) is 84.2 Å². The summed E-state index contributed by atoms with van der Waals surface area (Å²) in [6, 6.07) is 0. The molecule has 6 heteroatoms. The molecule has 1 aromatic rings. The summed E-state index contributed by atoms with van der Waals surface area (Å²) >= 11 is 0. The minimum absolute atomic E-state index is 0.0594. The normalized spacial score (nSPS) is 20.5. The zero-order chi connectivity index (χ0) is 14.7. The van der Waals surface area contributed by atoms with Crippen molar-refractivity contribution in [3.63, 3.8) is 0 Å². The van der Waals surface area contributed by atoms with E-state index < -0.39 is 0 Å². The van der Waals surface area contributed by atoms with Gasteiger partial charge in [-0.05, 0) is 18.9 Å². The molecule has 1 aliphatic heterocycles. The van der Waals surface area contributed by atoms with Crippen molar-refractivity contribution in [2.24, 2.45) is 0 Å². The first-order valence-electron chi connectivity index (χ1n) is 7.26. The minimum atomic E-state index is -0.202. The van der Waals surface area contributed by atoms with Gasteiger partial charge in [0.2, 0.25) is 0 Å². The van der Waals surface area contributed by atoms with Crippen molar-refractivity contribution >= 4 is 5.82 Å². The average Bonchev–Trinajstić information content (AvgIpc) is 2.38. The Bertz CT molecular complexity index is 510. The van der Waals surface area contributed by atoms with Crippen LogP contribution in [0.4, 0.5) is 5.82 Å². The van der Waals surface area contributed by atoms with Crippen molar-refractivity contribution in [1.29, 1.82) is 0 Å². The van der Waals surface area contributed by atoms with E-state index in [1.165, 1.54) is 0 Å². The van der Waals surface area contributed by atoms with Gasteiger partial charge < -0.3 is 15.5 Å². The van der Waals surface area contributed by atoms with Crippen molar-refractivity contribution in [1.82, 2.24) is 14.9 Å². The molecule has 1 aliphatic rings. The third kappa shape index (κ3) is 3.19. The Kier molecular flexibility index (Phi) is 4.77. The number of nitrogens with zero attached hydrogens (tertiary/aromatic N) is 2. The number of ether oxygens (including phenoxy) is 1. The molecular formula is C14H24N4O2. The van der Waals surface area contributed by atoms with Gasteiger partial charge in [0.15, 0.2) is 0 Å². The van der Waals surface area contributed by atoms with Crippen LogP contribution in [0.3, 0.4) is 0 Å². The summed E-state index contributed by atoms with van der Waals surface area (Å²) in [6.45, 7) is 9.38. The van der Waals surface area contributed by atoms with E-state index in [9.17, 15) is 4.79 Å². The number of hydrogen-bond acceptors (Lipinski definition) is 5. The molecule has 0 aromatic carbocycles. The Morgan fingerprint density at radius 2 is 2.30 bits per heavy atom. The molecule has 2 rings (SSSR count). The predicted molar refractivity (Wildman–Crippen MR) is 78.8 cm³/mol. The van der Waals surface area contributed by atoms with Gasteiger partial charge >= 0.3 is 0 Å². The summed E-state index contributed by atoms with van der Waals surface area (Å²) in [4.78, 5) is 21.6. The first-order valence-corrected chi connectivity index (χ1v) is 7.26. The maximum absolute atomic E-state index is 12.1. The second-order valence-corrected chi connectivity index (χ2v) is 5.56. The molecule has 1 saturated heterocycles. The standard InChI is InChI=1S/C14H24N4O2/c1-4-5-18-6-7-20-10(8-18)13-16-12(15)11(9(2)3)14(19)17-13/h9-10H,4-8H2,1-3H3,(H3,15,16,17,19). The number of nitrogen functional groups attached to an aromatic ring is 1. The number of aromatic amines is 1. The summed E-state index contributed by atoms with van der Waals surface area (Å²) in [5.41, 5.74) is 6.32. The molecule has 112 valence electrons. The highest BCUT2D eigenvalue weighted by Gasteiger charge is 2.25.